The lowest BCUT2D eigenvalue weighted by atomic mass is 10.2. The van der Waals surface area contributed by atoms with Crippen LogP contribution in [0.15, 0.2) is 24.3 Å². The van der Waals surface area contributed by atoms with Crippen LogP contribution >= 0.6 is 22.9 Å². The van der Waals surface area contributed by atoms with Crippen LogP contribution < -0.4 is 5.32 Å². The molecular formula is C20H23ClN2O5S. The van der Waals surface area contributed by atoms with E-state index in [1.165, 1.54) is 18.3 Å². The standard InChI is InChI=1S/C20H23ClN2O5S/c1-11-9-23(10-12(2)27-11)20(26)13(3)28-16(24)8-22-19(25)18-17(21)14-6-4-5-7-15(14)29-18/h4-7,11-13H,8-10H2,1-3H3,(H,22,25). The summed E-state index contributed by atoms with van der Waals surface area (Å²) in [7, 11) is 0. The molecule has 1 aliphatic heterocycles. The molecule has 1 aliphatic rings. The second kappa shape index (κ2) is 9.11. The molecule has 1 aromatic heterocycles. The maximum absolute atomic E-state index is 12.5. The summed E-state index contributed by atoms with van der Waals surface area (Å²) < 4.78 is 11.7. The molecule has 0 bridgehead atoms. The van der Waals surface area contributed by atoms with Crippen molar-refractivity contribution in [3.8, 4) is 0 Å². The van der Waals surface area contributed by atoms with E-state index in [0.717, 1.165) is 10.1 Å². The van der Waals surface area contributed by atoms with E-state index in [1.54, 1.807) is 4.90 Å². The number of carbonyl (C=O) groups is 3. The highest BCUT2D eigenvalue weighted by molar-refractivity contribution is 7.21. The number of nitrogens with zero attached hydrogens (tertiary/aromatic N) is 1. The van der Waals surface area contributed by atoms with Gasteiger partial charge in [0.2, 0.25) is 0 Å². The molecule has 156 valence electrons. The second-order valence-electron chi connectivity index (χ2n) is 7.06. The summed E-state index contributed by atoms with van der Waals surface area (Å²) in [6.45, 7) is 5.85. The van der Waals surface area contributed by atoms with Crippen LogP contribution in [-0.2, 0) is 19.1 Å². The Morgan fingerprint density at radius 3 is 2.59 bits per heavy atom. The molecule has 2 heterocycles. The number of thiophene rings is 1. The normalized spacial score (nSPS) is 20.3. The van der Waals surface area contributed by atoms with Crippen LogP contribution in [0.4, 0.5) is 0 Å². The molecule has 1 saturated heterocycles. The molecule has 1 fully saturated rings. The van der Waals surface area contributed by atoms with Crippen LogP contribution in [0.25, 0.3) is 10.1 Å². The number of morpholine rings is 1. The average Bonchev–Trinajstić information content (AvgIpc) is 3.01. The van der Waals surface area contributed by atoms with Crippen molar-refractivity contribution in [2.45, 2.75) is 39.1 Å². The van der Waals surface area contributed by atoms with Crippen molar-refractivity contribution in [2.75, 3.05) is 19.6 Å². The topological polar surface area (TPSA) is 84.9 Å². The van der Waals surface area contributed by atoms with Crippen LogP contribution in [0.5, 0.6) is 0 Å². The first-order valence-corrected chi connectivity index (χ1v) is 10.5. The quantitative estimate of drug-likeness (QED) is 0.725. The summed E-state index contributed by atoms with van der Waals surface area (Å²) in [6, 6.07) is 7.41. The second-order valence-corrected chi connectivity index (χ2v) is 8.49. The monoisotopic (exact) mass is 438 g/mol. The first-order valence-electron chi connectivity index (χ1n) is 9.35. The molecule has 3 rings (SSSR count). The molecule has 3 atom stereocenters. The van der Waals surface area contributed by atoms with Gasteiger partial charge in [-0.15, -0.1) is 11.3 Å². The highest BCUT2D eigenvalue weighted by Crippen LogP contribution is 2.34. The third-order valence-corrected chi connectivity index (χ3v) is 6.20. The molecular weight excluding hydrogens is 416 g/mol. The van der Waals surface area contributed by atoms with Crippen molar-refractivity contribution in [1.29, 1.82) is 0 Å². The van der Waals surface area contributed by atoms with Crippen molar-refractivity contribution < 1.29 is 23.9 Å². The molecule has 2 aromatic rings. The Hall–Kier alpha value is -2.16. The Morgan fingerprint density at radius 2 is 1.93 bits per heavy atom. The number of nitrogens with one attached hydrogen (secondary N) is 1. The maximum Gasteiger partial charge on any atom is 0.326 e. The van der Waals surface area contributed by atoms with Gasteiger partial charge in [-0.05, 0) is 26.8 Å². The van der Waals surface area contributed by atoms with E-state index in [-0.39, 0.29) is 24.7 Å². The third kappa shape index (κ3) is 5.07. The Bertz CT molecular complexity index is 921. The predicted molar refractivity (Wildman–Crippen MR) is 111 cm³/mol. The summed E-state index contributed by atoms with van der Waals surface area (Å²) in [5.41, 5.74) is 0. The van der Waals surface area contributed by atoms with Crippen molar-refractivity contribution >= 4 is 50.8 Å². The van der Waals surface area contributed by atoms with Gasteiger partial charge in [0, 0.05) is 23.2 Å². The van der Waals surface area contributed by atoms with Gasteiger partial charge in [-0.1, -0.05) is 29.8 Å². The number of halogens is 1. The molecule has 1 aromatic carbocycles. The van der Waals surface area contributed by atoms with Gasteiger partial charge in [-0.2, -0.15) is 0 Å². The van der Waals surface area contributed by atoms with E-state index in [2.05, 4.69) is 5.32 Å². The molecule has 1 N–H and O–H groups in total. The van der Waals surface area contributed by atoms with Gasteiger partial charge < -0.3 is 19.7 Å². The molecule has 3 unspecified atom stereocenters. The van der Waals surface area contributed by atoms with Crippen LogP contribution in [0, 0.1) is 0 Å². The number of esters is 1. The summed E-state index contributed by atoms with van der Waals surface area (Å²) >= 11 is 7.53. The van der Waals surface area contributed by atoms with Crippen LogP contribution in [0.1, 0.15) is 30.4 Å². The maximum atomic E-state index is 12.5. The number of hydrogen-bond donors (Lipinski definition) is 1. The van der Waals surface area contributed by atoms with E-state index < -0.39 is 18.0 Å². The molecule has 0 aliphatic carbocycles. The van der Waals surface area contributed by atoms with Crippen LogP contribution in [0.3, 0.4) is 0 Å². The largest absolute Gasteiger partial charge is 0.451 e. The summed E-state index contributed by atoms with van der Waals surface area (Å²) in [4.78, 5) is 39.0. The predicted octanol–water partition coefficient (Wildman–Crippen LogP) is 2.85. The Kier molecular flexibility index (Phi) is 6.77. The zero-order valence-corrected chi connectivity index (χ0v) is 18.0. The molecule has 7 nitrogen and oxygen atoms in total. The minimum Gasteiger partial charge on any atom is -0.451 e. The van der Waals surface area contributed by atoms with Gasteiger partial charge in [0.15, 0.2) is 6.10 Å². The SMILES string of the molecule is CC1CN(C(=O)C(C)OC(=O)CNC(=O)c2sc3ccccc3c2Cl)CC(C)O1. The fraction of sp³-hybridized carbons (Fsp3) is 0.450. The Morgan fingerprint density at radius 1 is 1.28 bits per heavy atom. The van der Waals surface area contributed by atoms with E-state index in [1.807, 2.05) is 38.1 Å². The number of amides is 2. The van der Waals surface area contributed by atoms with Crippen LogP contribution in [0.2, 0.25) is 5.02 Å². The fourth-order valence-electron chi connectivity index (χ4n) is 3.30. The number of rotatable bonds is 5. The van der Waals surface area contributed by atoms with Gasteiger partial charge in [-0.3, -0.25) is 14.4 Å². The van der Waals surface area contributed by atoms with Crippen molar-refractivity contribution in [2.24, 2.45) is 0 Å². The number of ether oxygens (including phenoxy) is 2. The average molecular weight is 439 g/mol. The van der Waals surface area contributed by atoms with Crippen molar-refractivity contribution in [1.82, 2.24) is 10.2 Å². The first kappa shape index (κ1) is 21.5. The van der Waals surface area contributed by atoms with Gasteiger partial charge >= 0.3 is 5.97 Å². The Balaban J connectivity index is 1.53. The van der Waals surface area contributed by atoms with Gasteiger partial charge in [-0.25, -0.2) is 0 Å². The van der Waals surface area contributed by atoms with E-state index in [9.17, 15) is 14.4 Å². The molecule has 0 radical (unpaired) electrons. The highest BCUT2D eigenvalue weighted by Gasteiger charge is 2.30. The molecule has 0 saturated carbocycles. The minimum absolute atomic E-state index is 0.0732. The number of hydrogen-bond acceptors (Lipinski definition) is 6. The summed E-state index contributed by atoms with van der Waals surface area (Å²) in [5.74, 6) is -1.42. The third-order valence-electron chi connectivity index (χ3n) is 4.52. The minimum atomic E-state index is -0.940. The zero-order chi connectivity index (χ0) is 21.1. The van der Waals surface area contributed by atoms with Gasteiger partial charge in [0.05, 0.1) is 17.2 Å². The number of carbonyl (C=O) groups excluding carboxylic acids is 3. The van der Waals surface area contributed by atoms with Crippen LogP contribution in [-0.4, -0.2) is 60.6 Å². The first-order chi connectivity index (χ1) is 13.8. The molecule has 29 heavy (non-hydrogen) atoms. The van der Waals surface area contributed by atoms with Gasteiger partial charge in [0.25, 0.3) is 11.8 Å². The zero-order valence-electron chi connectivity index (χ0n) is 16.4. The summed E-state index contributed by atoms with van der Waals surface area (Å²) in [5, 5.41) is 3.65. The lowest BCUT2D eigenvalue weighted by Gasteiger charge is -2.36. The van der Waals surface area contributed by atoms with E-state index in [0.29, 0.717) is 23.0 Å². The lowest BCUT2D eigenvalue weighted by molar-refractivity contribution is -0.163. The lowest BCUT2D eigenvalue weighted by Crippen LogP contribution is -2.51. The van der Waals surface area contributed by atoms with E-state index >= 15 is 0 Å². The van der Waals surface area contributed by atoms with Gasteiger partial charge in [0.1, 0.15) is 11.4 Å². The van der Waals surface area contributed by atoms with Crippen molar-refractivity contribution in [3.05, 3.63) is 34.2 Å². The van der Waals surface area contributed by atoms with Crippen molar-refractivity contribution in [3.63, 3.8) is 0 Å². The highest BCUT2D eigenvalue weighted by atomic mass is 35.5. The summed E-state index contributed by atoms with van der Waals surface area (Å²) in [6.07, 6.45) is -1.09. The number of fused-ring (bicyclic) bond motifs is 1. The number of benzene rings is 1. The fourth-order valence-corrected chi connectivity index (χ4v) is 4.73. The van der Waals surface area contributed by atoms with E-state index in [4.69, 9.17) is 21.1 Å². The molecule has 2 amide bonds. The Labute approximate surface area is 177 Å². The molecule has 9 heteroatoms. The smallest absolute Gasteiger partial charge is 0.326 e. The molecule has 0 spiro atoms.